The van der Waals surface area contributed by atoms with E-state index in [0.29, 0.717) is 25.6 Å². The van der Waals surface area contributed by atoms with Crippen molar-refractivity contribution in [2.75, 3.05) is 46.5 Å². The Kier molecular flexibility index (Phi) is 4.86. The van der Waals surface area contributed by atoms with E-state index < -0.39 is 0 Å². The van der Waals surface area contributed by atoms with Crippen LogP contribution < -0.4 is 5.32 Å². The summed E-state index contributed by atoms with van der Waals surface area (Å²) in [5.41, 5.74) is 0. The molecule has 5 nitrogen and oxygen atoms in total. The predicted octanol–water partition coefficient (Wildman–Crippen LogP) is -1.33. The molecule has 0 bridgehead atoms. The Bertz CT molecular complexity index is 181. The Balaban J connectivity index is 1.99. The fourth-order valence-corrected chi connectivity index (χ4v) is 1.47. The van der Waals surface area contributed by atoms with E-state index in [9.17, 15) is 4.79 Å². The summed E-state index contributed by atoms with van der Waals surface area (Å²) in [5, 5.41) is 11.5. The van der Waals surface area contributed by atoms with Crippen LogP contribution in [0.25, 0.3) is 0 Å². The van der Waals surface area contributed by atoms with Crippen LogP contribution in [-0.2, 0) is 9.53 Å². The molecule has 1 aliphatic rings. The molecular weight excluding hydrogens is 184 g/mol. The minimum atomic E-state index is 0.0263. The lowest BCUT2D eigenvalue weighted by molar-refractivity contribution is -0.124. The molecule has 0 aromatic carbocycles. The lowest BCUT2D eigenvalue weighted by Gasteiger charge is -2.37. The molecule has 1 amide bonds. The smallest absolute Gasteiger partial charge is 0.234 e. The van der Waals surface area contributed by atoms with Crippen molar-refractivity contribution in [3.8, 4) is 0 Å². The molecule has 0 aromatic rings. The van der Waals surface area contributed by atoms with E-state index in [-0.39, 0.29) is 12.5 Å². The highest BCUT2D eigenvalue weighted by molar-refractivity contribution is 5.78. The second kappa shape index (κ2) is 5.95. The number of carbonyl (C=O) groups is 1. The third-order valence-corrected chi connectivity index (χ3v) is 2.29. The van der Waals surface area contributed by atoms with E-state index >= 15 is 0 Å². The standard InChI is InChI=1S/C9H18N2O3/c1-14-3-2-10-9(13)6-11-4-8(5-11)7-12/h8,12H,2-7H2,1H3,(H,10,13). The van der Waals surface area contributed by atoms with Crippen LogP contribution in [0.1, 0.15) is 0 Å². The topological polar surface area (TPSA) is 61.8 Å². The van der Waals surface area contributed by atoms with Gasteiger partial charge in [0.05, 0.1) is 13.2 Å². The number of hydrogen-bond donors (Lipinski definition) is 2. The zero-order valence-corrected chi connectivity index (χ0v) is 8.53. The first-order valence-electron chi connectivity index (χ1n) is 4.85. The monoisotopic (exact) mass is 202 g/mol. The van der Waals surface area contributed by atoms with Crippen LogP contribution in [0.5, 0.6) is 0 Å². The molecule has 1 heterocycles. The highest BCUT2D eigenvalue weighted by Gasteiger charge is 2.26. The van der Waals surface area contributed by atoms with Gasteiger partial charge in [0.2, 0.25) is 5.91 Å². The van der Waals surface area contributed by atoms with Gasteiger partial charge in [-0.3, -0.25) is 9.69 Å². The first kappa shape index (κ1) is 11.4. The Hall–Kier alpha value is -0.650. The molecule has 1 saturated heterocycles. The van der Waals surface area contributed by atoms with Gasteiger partial charge in [-0.25, -0.2) is 0 Å². The normalized spacial score (nSPS) is 17.9. The first-order valence-corrected chi connectivity index (χ1v) is 4.85. The van der Waals surface area contributed by atoms with Crippen molar-refractivity contribution < 1.29 is 14.6 Å². The summed E-state index contributed by atoms with van der Waals surface area (Å²) >= 11 is 0. The van der Waals surface area contributed by atoms with Crippen molar-refractivity contribution in [1.29, 1.82) is 0 Å². The Morgan fingerprint density at radius 2 is 2.36 bits per heavy atom. The fraction of sp³-hybridized carbons (Fsp3) is 0.889. The summed E-state index contributed by atoms with van der Waals surface area (Å²) in [6.07, 6.45) is 0. The van der Waals surface area contributed by atoms with Crippen molar-refractivity contribution in [1.82, 2.24) is 10.2 Å². The highest BCUT2D eigenvalue weighted by Crippen LogP contribution is 2.12. The van der Waals surface area contributed by atoms with Crippen molar-refractivity contribution in [3.05, 3.63) is 0 Å². The van der Waals surface area contributed by atoms with Gasteiger partial charge >= 0.3 is 0 Å². The molecule has 2 N–H and O–H groups in total. The van der Waals surface area contributed by atoms with Gasteiger partial charge in [-0.15, -0.1) is 0 Å². The van der Waals surface area contributed by atoms with Crippen LogP contribution in [0.3, 0.4) is 0 Å². The van der Waals surface area contributed by atoms with E-state index in [2.05, 4.69) is 5.32 Å². The SMILES string of the molecule is COCCNC(=O)CN1CC(CO)C1. The van der Waals surface area contributed by atoms with Gasteiger partial charge in [0.15, 0.2) is 0 Å². The molecule has 1 aliphatic heterocycles. The number of aliphatic hydroxyl groups excluding tert-OH is 1. The summed E-state index contributed by atoms with van der Waals surface area (Å²) in [6.45, 7) is 3.42. The lowest BCUT2D eigenvalue weighted by atomic mass is 10.0. The van der Waals surface area contributed by atoms with Crippen molar-refractivity contribution in [2.45, 2.75) is 0 Å². The summed E-state index contributed by atoms with van der Waals surface area (Å²) in [7, 11) is 1.60. The third-order valence-electron chi connectivity index (χ3n) is 2.29. The Morgan fingerprint density at radius 1 is 1.64 bits per heavy atom. The maximum atomic E-state index is 11.2. The molecule has 0 spiro atoms. The molecule has 82 valence electrons. The predicted molar refractivity (Wildman–Crippen MR) is 51.9 cm³/mol. The van der Waals surface area contributed by atoms with Crippen LogP contribution in [0, 0.1) is 5.92 Å². The second-order valence-electron chi connectivity index (χ2n) is 3.59. The molecule has 1 rings (SSSR count). The van der Waals surface area contributed by atoms with Crippen LogP contribution >= 0.6 is 0 Å². The quantitative estimate of drug-likeness (QED) is 0.524. The maximum Gasteiger partial charge on any atom is 0.234 e. The third kappa shape index (κ3) is 3.61. The number of likely N-dealkylation sites (tertiary alicyclic amines) is 1. The van der Waals surface area contributed by atoms with Gasteiger partial charge in [-0.2, -0.15) is 0 Å². The van der Waals surface area contributed by atoms with E-state index in [4.69, 9.17) is 9.84 Å². The van der Waals surface area contributed by atoms with Gasteiger partial charge in [0, 0.05) is 39.3 Å². The number of hydrogen-bond acceptors (Lipinski definition) is 4. The zero-order chi connectivity index (χ0) is 10.4. The van der Waals surface area contributed by atoms with Crippen LogP contribution in [0.4, 0.5) is 0 Å². The minimum Gasteiger partial charge on any atom is -0.396 e. The summed E-state index contributed by atoms with van der Waals surface area (Å²) < 4.78 is 4.81. The van der Waals surface area contributed by atoms with Gasteiger partial charge in [-0.05, 0) is 0 Å². The maximum absolute atomic E-state index is 11.2. The van der Waals surface area contributed by atoms with Crippen molar-refractivity contribution in [2.24, 2.45) is 5.92 Å². The van der Waals surface area contributed by atoms with Gasteiger partial charge in [0.1, 0.15) is 0 Å². The van der Waals surface area contributed by atoms with Gasteiger partial charge < -0.3 is 15.2 Å². The fourth-order valence-electron chi connectivity index (χ4n) is 1.47. The number of nitrogens with zero attached hydrogens (tertiary/aromatic N) is 1. The molecule has 5 heteroatoms. The molecule has 14 heavy (non-hydrogen) atoms. The van der Waals surface area contributed by atoms with E-state index in [1.165, 1.54) is 0 Å². The van der Waals surface area contributed by atoms with Crippen LogP contribution in [0.15, 0.2) is 0 Å². The van der Waals surface area contributed by atoms with E-state index in [0.717, 1.165) is 13.1 Å². The Morgan fingerprint density at radius 3 is 2.93 bits per heavy atom. The lowest BCUT2D eigenvalue weighted by Crippen LogP contribution is -2.52. The second-order valence-corrected chi connectivity index (χ2v) is 3.59. The van der Waals surface area contributed by atoms with Gasteiger partial charge in [0.25, 0.3) is 0 Å². The summed E-state index contributed by atoms with van der Waals surface area (Å²) in [4.78, 5) is 13.3. The molecule has 0 aromatic heterocycles. The Labute approximate surface area is 84.0 Å². The number of nitrogens with one attached hydrogen (secondary N) is 1. The number of carbonyl (C=O) groups excluding carboxylic acids is 1. The molecule has 0 unspecified atom stereocenters. The number of ether oxygens (including phenoxy) is 1. The highest BCUT2D eigenvalue weighted by atomic mass is 16.5. The van der Waals surface area contributed by atoms with Crippen molar-refractivity contribution >= 4 is 5.91 Å². The molecule has 0 radical (unpaired) electrons. The van der Waals surface area contributed by atoms with Gasteiger partial charge in [-0.1, -0.05) is 0 Å². The number of rotatable bonds is 6. The summed E-state index contributed by atoms with van der Waals surface area (Å²) in [6, 6.07) is 0. The molecule has 0 aliphatic carbocycles. The number of methoxy groups -OCH3 is 1. The number of aliphatic hydroxyl groups is 1. The minimum absolute atomic E-state index is 0.0263. The molecule has 0 atom stereocenters. The van der Waals surface area contributed by atoms with Crippen LogP contribution in [-0.4, -0.2) is 62.4 Å². The van der Waals surface area contributed by atoms with E-state index in [1.54, 1.807) is 7.11 Å². The summed E-state index contributed by atoms with van der Waals surface area (Å²) in [5.74, 6) is 0.389. The van der Waals surface area contributed by atoms with E-state index in [1.807, 2.05) is 4.90 Å². The first-order chi connectivity index (χ1) is 6.76. The molecule has 0 saturated carbocycles. The zero-order valence-electron chi connectivity index (χ0n) is 8.53. The van der Waals surface area contributed by atoms with Crippen LogP contribution in [0.2, 0.25) is 0 Å². The van der Waals surface area contributed by atoms with Crippen molar-refractivity contribution in [3.63, 3.8) is 0 Å². The number of amides is 1. The average molecular weight is 202 g/mol. The largest absolute Gasteiger partial charge is 0.396 e. The molecular formula is C9H18N2O3. The molecule has 1 fully saturated rings. The average Bonchev–Trinajstić information content (AvgIpc) is 2.11.